The van der Waals surface area contributed by atoms with Crippen LogP contribution in [0.2, 0.25) is 0 Å². The molecule has 0 aliphatic carbocycles. The summed E-state index contributed by atoms with van der Waals surface area (Å²) in [7, 11) is 0. The SMILES string of the molecule is O=C(Nc1ccccc1CN1CCCC1)c1cn[nH]c1. The second-order valence-corrected chi connectivity index (χ2v) is 5.08. The quantitative estimate of drug-likeness (QED) is 0.896. The predicted molar refractivity (Wildman–Crippen MR) is 77.5 cm³/mol. The van der Waals surface area contributed by atoms with Crippen molar-refractivity contribution < 1.29 is 4.79 Å². The zero-order chi connectivity index (χ0) is 13.8. The highest BCUT2D eigenvalue weighted by Crippen LogP contribution is 2.20. The second-order valence-electron chi connectivity index (χ2n) is 5.08. The van der Waals surface area contributed by atoms with E-state index in [1.165, 1.54) is 19.0 Å². The average Bonchev–Trinajstić information content (AvgIpc) is 3.13. The fourth-order valence-electron chi connectivity index (χ4n) is 2.53. The largest absolute Gasteiger partial charge is 0.322 e. The molecule has 2 N–H and O–H groups in total. The van der Waals surface area contributed by atoms with E-state index < -0.39 is 0 Å². The van der Waals surface area contributed by atoms with Crippen molar-refractivity contribution in [3.63, 3.8) is 0 Å². The van der Waals surface area contributed by atoms with E-state index in [9.17, 15) is 4.79 Å². The summed E-state index contributed by atoms with van der Waals surface area (Å²) in [6, 6.07) is 7.98. The van der Waals surface area contributed by atoms with Crippen LogP contribution in [0.5, 0.6) is 0 Å². The van der Waals surface area contributed by atoms with Crippen LogP contribution in [0.1, 0.15) is 28.8 Å². The van der Waals surface area contributed by atoms with Gasteiger partial charge < -0.3 is 5.32 Å². The number of nitrogens with one attached hydrogen (secondary N) is 2. The Bertz CT molecular complexity index is 573. The molecule has 0 spiro atoms. The van der Waals surface area contributed by atoms with Gasteiger partial charge in [0.2, 0.25) is 0 Å². The van der Waals surface area contributed by atoms with E-state index in [4.69, 9.17) is 0 Å². The van der Waals surface area contributed by atoms with E-state index >= 15 is 0 Å². The van der Waals surface area contributed by atoms with Crippen molar-refractivity contribution in [3.8, 4) is 0 Å². The van der Waals surface area contributed by atoms with Gasteiger partial charge in [0.1, 0.15) is 0 Å². The van der Waals surface area contributed by atoms with Gasteiger partial charge in [-0.3, -0.25) is 14.8 Å². The Kier molecular flexibility index (Phi) is 3.78. The summed E-state index contributed by atoms with van der Waals surface area (Å²) in [6.07, 6.45) is 5.66. The van der Waals surface area contributed by atoms with Crippen molar-refractivity contribution in [2.75, 3.05) is 18.4 Å². The van der Waals surface area contributed by atoms with Gasteiger partial charge in [0.15, 0.2) is 0 Å². The van der Waals surface area contributed by atoms with Gasteiger partial charge in [-0.15, -0.1) is 0 Å². The molecule has 1 aliphatic rings. The number of hydrogen-bond donors (Lipinski definition) is 2. The molecule has 1 aromatic carbocycles. The smallest absolute Gasteiger partial charge is 0.258 e. The molecule has 2 heterocycles. The number of hydrogen-bond acceptors (Lipinski definition) is 3. The van der Waals surface area contributed by atoms with E-state index in [1.807, 2.05) is 18.2 Å². The molecular formula is C15H18N4O. The van der Waals surface area contributed by atoms with Crippen LogP contribution in [0.3, 0.4) is 0 Å². The third-order valence-electron chi connectivity index (χ3n) is 3.62. The number of nitrogens with zero attached hydrogens (tertiary/aromatic N) is 2. The maximum atomic E-state index is 12.1. The van der Waals surface area contributed by atoms with E-state index in [0.717, 1.165) is 30.9 Å². The first kappa shape index (κ1) is 12.9. The minimum absolute atomic E-state index is 0.132. The summed E-state index contributed by atoms with van der Waals surface area (Å²) in [5.41, 5.74) is 2.58. The Morgan fingerprint density at radius 2 is 2.10 bits per heavy atom. The Labute approximate surface area is 118 Å². The van der Waals surface area contributed by atoms with Gasteiger partial charge in [0.05, 0.1) is 11.8 Å². The summed E-state index contributed by atoms with van der Waals surface area (Å²) < 4.78 is 0. The van der Waals surface area contributed by atoms with Crippen LogP contribution in [0.4, 0.5) is 5.69 Å². The summed E-state index contributed by atoms with van der Waals surface area (Å²) in [4.78, 5) is 14.5. The normalized spacial score (nSPS) is 15.4. The summed E-state index contributed by atoms with van der Waals surface area (Å²) in [5.74, 6) is -0.132. The van der Waals surface area contributed by atoms with Crippen LogP contribution in [-0.4, -0.2) is 34.1 Å². The van der Waals surface area contributed by atoms with Gasteiger partial charge in [-0.1, -0.05) is 18.2 Å². The fraction of sp³-hybridized carbons (Fsp3) is 0.333. The molecule has 104 valence electrons. The molecular weight excluding hydrogens is 252 g/mol. The maximum absolute atomic E-state index is 12.1. The van der Waals surface area contributed by atoms with E-state index in [-0.39, 0.29) is 5.91 Å². The molecule has 1 aromatic heterocycles. The van der Waals surface area contributed by atoms with Crippen LogP contribution in [0.25, 0.3) is 0 Å². The Morgan fingerprint density at radius 3 is 2.85 bits per heavy atom. The average molecular weight is 270 g/mol. The minimum atomic E-state index is -0.132. The van der Waals surface area contributed by atoms with Crippen LogP contribution < -0.4 is 5.32 Å². The van der Waals surface area contributed by atoms with Gasteiger partial charge in [-0.05, 0) is 37.6 Å². The number of likely N-dealkylation sites (tertiary alicyclic amines) is 1. The molecule has 5 nitrogen and oxygen atoms in total. The highest BCUT2D eigenvalue weighted by atomic mass is 16.1. The number of amides is 1. The van der Waals surface area contributed by atoms with Gasteiger partial charge in [-0.2, -0.15) is 5.10 Å². The monoisotopic (exact) mass is 270 g/mol. The number of aromatic nitrogens is 2. The van der Waals surface area contributed by atoms with E-state index in [2.05, 4.69) is 26.5 Å². The molecule has 2 aromatic rings. The van der Waals surface area contributed by atoms with Gasteiger partial charge >= 0.3 is 0 Å². The molecule has 1 amide bonds. The third-order valence-corrected chi connectivity index (χ3v) is 3.62. The lowest BCUT2D eigenvalue weighted by Crippen LogP contribution is -2.20. The van der Waals surface area contributed by atoms with Crippen LogP contribution >= 0.6 is 0 Å². The van der Waals surface area contributed by atoms with Crippen LogP contribution in [-0.2, 0) is 6.54 Å². The molecule has 20 heavy (non-hydrogen) atoms. The summed E-state index contributed by atoms with van der Waals surface area (Å²) >= 11 is 0. The number of carbonyl (C=O) groups excluding carboxylic acids is 1. The highest BCUT2D eigenvalue weighted by molar-refractivity contribution is 6.04. The van der Waals surface area contributed by atoms with Crippen molar-refractivity contribution >= 4 is 11.6 Å². The number of carbonyl (C=O) groups is 1. The first-order chi connectivity index (χ1) is 9.83. The van der Waals surface area contributed by atoms with Crippen LogP contribution in [0.15, 0.2) is 36.7 Å². The molecule has 0 saturated carbocycles. The molecule has 1 aliphatic heterocycles. The molecule has 1 fully saturated rings. The molecule has 0 unspecified atom stereocenters. The van der Waals surface area contributed by atoms with Crippen molar-refractivity contribution in [2.24, 2.45) is 0 Å². The Balaban J connectivity index is 1.73. The number of para-hydroxylation sites is 1. The molecule has 1 saturated heterocycles. The predicted octanol–water partition coefficient (Wildman–Crippen LogP) is 2.26. The fourth-order valence-corrected chi connectivity index (χ4v) is 2.53. The maximum Gasteiger partial charge on any atom is 0.258 e. The lowest BCUT2D eigenvalue weighted by molar-refractivity contribution is 0.102. The van der Waals surface area contributed by atoms with Crippen molar-refractivity contribution in [1.82, 2.24) is 15.1 Å². The molecule has 5 heteroatoms. The first-order valence-electron chi connectivity index (χ1n) is 6.93. The second kappa shape index (κ2) is 5.88. The summed E-state index contributed by atoms with van der Waals surface area (Å²) in [5, 5.41) is 9.41. The topological polar surface area (TPSA) is 61.0 Å². The van der Waals surface area contributed by atoms with Gasteiger partial charge in [0, 0.05) is 18.4 Å². The summed E-state index contributed by atoms with van der Waals surface area (Å²) in [6.45, 7) is 3.18. The van der Waals surface area contributed by atoms with Crippen molar-refractivity contribution in [3.05, 3.63) is 47.8 Å². The van der Waals surface area contributed by atoms with E-state index in [0.29, 0.717) is 5.56 Å². The lowest BCUT2D eigenvalue weighted by atomic mass is 10.1. The van der Waals surface area contributed by atoms with Gasteiger partial charge in [0.25, 0.3) is 5.91 Å². The molecule has 0 radical (unpaired) electrons. The van der Waals surface area contributed by atoms with E-state index in [1.54, 1.807) is 6.20 Å². The first-order valence-corrected chi connectivity index (χ1v) is 6.93. The molecule has 0 bridgehead atoms. The van der Waals surface area contributed by atoms with Crippen LogP contribution in [0, 0.1) is 0 Å². The number of aromatic amines is 1. The Hall–Kier alpha value is -2.14. The zero-order valence-corrected chi connectivity index (χ0v) is 11.3. The van der Waals surface area contributed by atoms with Gasteiger partial charge in [-0.25, -0.2) is 0 Å². The third kappa shape index (κ3) is 2.88. The minimum Gasteiger partial charge on any atom is -0.322 e. The lowest BCUT2D eigenvalue weighted by Gasteiger charge is -2.17. The Morgan fingerprint density at radius 1 is 1.30 bits per heavy atom. The van der Waals surface area contributed by atoms with Crippen molar-refractivity contribution in [2.45, 2.75) is 19.4 Å². The zero-order valence-electron chi connectivity index (χ0n) is 11.3. The highest BCUT2D eigenvalue weighted by Gasteiger charge is 2.15. The standard InChI is InChI=1S/C15H18N4O/c20-15(13-9-16-17-10-13)18-14-6-2-1-5-12(14)11-19-7-3-4-8-19/h1-2,5-6,9-10H,3-4,7-8,11H2,(H,16,17)(H,18,20). The number of rotatable bonds is 4. The number of benzene rings is 1. The molecule has 3 rings (SSSR count). The number of H-pyrrole nitrogens is 1. The number of anilines is 1. The van der Waals surface area contributed by atoms with Crippen molar-refractivity contribution in [1.29, 1.82) is 0 Å². The molecule has 0 atom stereocenters.